The van der Waals surface area contributed by atoms with Gasteiger partial charge in [0.05, 0.1) is 11.6 Å². The summed E-state index contributed by atoms with van der Waals surface area (Å²) < 4.78 is 26.9. The van der Waals surface area contributed by atoms with Crippen molar-refractivity contribution in [3.63, 3.8) is 0 Å². The van der Waals surface area contributed by atoms with Crippen LogP contribution in [0.25, 0.3) is 5.76 Å². The van der Waals surface area contributed by atoms with Crippen LogP contribution in [0.1, 0.15) is 36.1 Å². The first-order valence-corrected chi connectivity index (χ1v) is 8.65. The summed E-state index contributed by atoms with van der Waals surface area (Å²) in [4.78, 5) is 26.5. The third kappa shape index (κ3) is 3.35. The number of halogens is 2. The number of aliphatic hydroxyl groups is 1. The Kier molecular flexibility index (Phi) is 5.08. The van der Waals surface area contributed by atoms with Crippen molar-refractivity contribution in [3.8, 4) is 0 Å². The molecular formula is C21H19F2NO3. The molecule has 27 heavy (non-hydrogen) atoms. The second-order valence-electron chi connectivity index (χ2n) is 6.51. The highest BCUT2D eigenvalue weighted by Gasteiger charge is 2.45. The molecule has 1 aliphatic heterocycles. The maximum Gasteiger partial charge on any atom is 0.295 e. The van der Waals surface area contributed by atoms with E-state index in [2.05, 4.69) is 0 Å². The van der Waals surface area contributed by atoms with Crippen molar-refractivity contribution in [2.45, 2.75) is 26.3 Å². The number of Topliss-reactive ketones (excluding diaryl/α,β-unsaturated/α-hetero) is 1. The Labute approximate surface area is 155 Å². The summed E-state index contributed by atoms with van der Waals surface area (Å²) in [6.45, 7) is 3.72. The minimum atomic E-state index is -0.823. The first-order chi connectivity index (χ1) is 12.8. The number of likely N-dealkylation sites (tertiary alicyclic amines) is 1. The summed E-state index contributed by atoms with van der Waals surface area (Å²) in [5, 5.41) is 10.8. The van der Waals surface area contributed by atoms with Gasteiger partial charge in [0, 0.05) is 12.1 Å². The van der Waals surface area contributed by atoms with Crippen LogP contribution >= 0.6 is 0 Å². The van der Waals surface area contributed by atoms with Gasteiger partial charge in [-0.2, -0.15) is 0 Å². The second kappa shape index (κ2) is 7.31. The summed E-state index contributed by atoms with van der Waals surface area (Å²) in [6, 6.07) is 8.59. The van der Waals surface area contributed by atoms with Crippen molar-refractivity contribution in [1.29, 1.82) is 0 Å². The number of amides is 1. The minimum absolute atomic E-state index is 0.0777. The zero-order valence-electron chi connectivity index (χ0n) is 15.0. The smallest absolute Gasteiger partial charge is 0.295 e. The Morgan fingerprint density at radius 1 is 1.11 bits per heavy atom. The van der Waals surface area contributed by atoms with E-state index in [1.165, 1.54) is 47.4 Å². The molecule has 6 heteroatoms. The molecule has 140 valence electrons. The molecule has 0 bridgehead atoms. The summed E-state index contributed by atoms with van der Waals surface area (Å²) in [5.74, 6) is -2.78. The van der Waals surface area contributed by atoms with Gasteiger partial charge in [0.2, 0.25) is 0 Å². The van der Waals surface area contributed by atoms with Crippen molar-refractivity contribution in [3.05, 3.63) is 76.4 Å². The van der Waals surface area contributed by atoms with E-state index in [0.29, 0.717) is 24.1 Å². The van der Waals surface area contributed by atoms with Crippen LogP contribution in [0.4, 0.5) is 8.78 Å². The van der Waals surface area contributed by atoms with E-state index >= 15 is 0 Å². The summed E-state index contributed by atoms with van der Waals surface area (Å²) in [5.41, 5.74) is 0.992. The highest BCUT2D eigenvalue weighted by Crippen LogP contribution is 2.39. The number of benzene rings is 2. The van der Waals surface area contributed by atoms with Gasteiger partial charge < -0.3 is 10.0 Å². The summed E-state index contributed by atoms with van der Waals surface area (Å²) >= 11 is 0. The van der Waals surface area contributed by atoms with Crippen molar-refractivity contribution in [1.82, 2.24) is 4.90 Å². The normalized spacial score (nSPS) is 19.0. The summed E-state index contributed by atoms with van der Waals surface area (Å²) in [6.07, 6.45) is 0.612. The molecule has 2 aromatic carbocycles. The molecule has 3 rings (SSSR count). The standard InChI is InChI=1S/C21H19F2NO3/c1-3-10-24-18(13-4-7-15(22)8-5-13)17(20(26)21(24)27)19(25)14-6-9-16(23)12(2)11-14/h4-9,11,18,25H,3,10H2,1-2H3/b19-17-. The van der Waals surface area contributed by atoms with Gasteiger partial charge in [0.1, 0.15) is 17.4 Å². The Morgan fingerprint density at radius 2 is 1.78 bits per heavy atom. The highest BCUT2D eigenvalue weighted by atomic mass is 19.1. The van der Waals surface area contributed by atoms with E-state index in [-0.39, 0.29) is 16.9 Å². The molecule has 1 N–H and O–H groups in total. The molecule has 1 aliphatic rings. The predicted molar refractivity (Wildman–Crippen MR) is 96.8 cm³/mol. The average molecular weight is 371 g/mol. The summed E-state index contributed by atoms with van der Waals surface area (Å²) in [7, 11) is 0. The number of nitrogens with zero attached hydrogens (tertiary/aromatic N) is 1. The van der Waals surface area contributed by atoms with Crippen molar-refractivity contribution in [2.24, 2.45) is 0 Å². The molecule has 0 aromatic heterocycles. The van der Waals surface area contributed by atoms with Gasteiger partial charge >= 0.3 is 0 Å². The number of hydrogen-bond donors (Lipinski definition) is 1. The van der Waals surface area contributed by atoms with Crippen LogP contribution < -0.4 is 0 Å². The highest BCUT2D eigenvalue weighted by molar-refractivity contribution is 6.46. The average Bonchev–Trinajstić information content (AvgIpc) is 2.89. The molecule has 1 amide bonds. The molecule has 1 unspecified atom stereocenters. The minimum Gasteiger partial charge on any atom is -0.507 e. The molecule has 4 nitrogen and oxygen atoms in total. The third-order valence-electron chi connectivity index (χ3n) is 4.62. The Morgan fingerprint density at radius 3 is 2.37 bits per heavy atom. The van der Waals surface area contributed by atoms with Gasteiger partial charge in [-0.25, -0.2) is 8.78 Å². The van der Waals surface area contributed by atoms with Crippen LogP contribution in [-0.2, 0) is 9.59 Å². The molecule has 1 atom stereocenters. The van der Waals surface area contributed by atoms with E-state index in [0.717, 1.165) is 0 Å². The van der Waals surface area contributed by atoms with Crippen molar-refractivity contribution in [2.75, 3.05) is 6.54 Å². The molecule has 1 fully saturated rings. The molecule has 0 aliphatic carbocycles. The first-order valence-electron chi connectivity index (χ1n) is 8.65. The van der Waals surface area contributed by atoms with Crippen LogP contribution in [0.15, 0.2) is 48.0 Å². The second-order valence-corrected chi connectivity index (χ2v) is 6.51. The number of carbonyl (C=O) groups is 2. The molecule has 0 radical (unpaired) electrons. The van der Waals surface area contributed by atoms with E-state index in [4.69, 9.17) is 0 Å². The molecule has 1 saturated heterocycles. The molecule has 1 heterocycles. The number of rotatable bonds is 4. The fourth-order valence-electron chi connectivity index (χ4n) is 3.29. The zero-order chi connectivity index (χ0) is 19.7. The lowest BCUT2D eigenvalue weighted by atomic mass is 9.95. The van der Waals surface area contributed by atoms with Gasteiger partial charge in [-0.05, 0) is 54.8 Å². The number of aliphatic hydroxyl groups excluding tert-OH is 1. The van der Waals surface area contributed by atoms with E-state index in [1.54, 1.807) is 6.92 Å². The Balaban J connectivity index is 2.19. The Bertz CT molecular complexity index is 935. The van der Waals surface area contributed by atoms with Crippen LogP contribution in [0, 0.1) is 18.6 Å². The SMILES string of the molecule is CCCN1C(=O)C(=O)/C(=C(\O)c2ccc(F)c(C)c2)C1c1ccc(F)cc1. The van der Waals surface area contributed by atoms with Crippen molar-refractivity contribution >= 4 is 17.4 Å². The van der Waals surface area contributed by atoms with E-state index in [1.807, 2.05) is 6.92 Å². The van der Waals surface area contributed by atoms with Gasteiger partial charge in [-0.3, -0.25) is 9.59 Å². The number of hydrogen-bond acceptors (Lipinski definition) is 3. The molecule has 2 aromatic rings. The lowest BCUT2D eigenvalue weighted by molar-refractivity contribution is -0.139. The fourth-order valence-corrected chi connectivity index (χ4v) is 3.29. The lowest BCUT2D eigenvalue weighted by Gasteiger charge is -2.24. The van der Waals surface area contributed by atoms with E-state index < -0.39 is 29.4 Å². The van der Waals surface area contributed by atoms with Crippen LogP contribution in [0.2, 0.25) is 0 Å². The monoisotopic (exact) mass is 371 g/mol. The fraction of sp³-hybridized carbons (Fsp3) is 0.238. The first kappa shape index (κ1) is 18.8. The lowest BCUT2D eigenvalue weighted by Crippen LogP contribution is -2.30. The topological polar surface area (TPSA) is 57.6 Å². The quantitative estimate of drug-likeness (QED) is 0.500. The van der Waals surface area contributed by atoms with Crippen molar-refractivity contribution < 1.29 is 23.5 Å². The number of aryl methyl sites for hydroxylation is 1. The van der Waals surface area contributed by atoms with Gasteiger partial charge in [-0.15, -0.1) is 0 Å². The van der Waals surface area contributed by atoms with Crippen LogP contribution in [0.3, 0.4) is 0 Å². The predicted octanol–water partition coefficient (Wildman–Crippen LogP) is 4.10. The van der Waals surface area contributed by atoms with Gasteiger partial charge in [-0.1, -0.05) is 19.1 Å². The molecular weight excluding hydrogens is 352 g/mol. The van der Waals surface area contributed by atoms with Gasteiger partial charge in [0.15, 0.2) is 0 Å². The third-order valence-corrected chi connectivity index (χ3v) is 4.62. The molecule has 0 spiro atoms. The largest absolute Gasteiger partial charge is 0.507 e. The molecule has 0 saturated carbocycles. The number of carbonyl (C=O) groups excluding carboxylic acids is 2. The van der Waals surface area contributed by atoms with Gasteiger partial charge in [0.25, 0.3) is 11.7 Å². The maximum absolute atomic E-state index is 13.6. The maximum atomic E-state index is 13.6. The number of ketones is 1. The Hall–Kier alpha value is -3.02. The van der Waals surface area contributed by atoms with Crippen LogP contribution in [-0.4, -0.2) is 28.2 Å². The zero-order valence-corrected chi connectivity index (χ0v) is 15.0. The van der Waals surface area contributed by atoms with Crippen LogP contribution in [0.5, 0.6) is 0 Å². The van der Waals surface area contributed by atoms with E-state index in [9.17, 15) is 23.5 Å².